The molecule has 1 aromatic carbocycles. The highest BCUT2D eigenvalue weighted by atomic mass is 16.5. The zero-order valence-electron chi connectivity index (χ0n) is 12.2. The second-order valence-corrected chi connectivity index (χ2v) is 6.22. The smallest absolute Gasteiger partial charge is 0.119 e. The fourth-order valence-electron chi connectivity index (χ4n) is 2.45. The third kappa shape index (κ3) is 3.48. The van der Waals surface area contributed by atoms with Gasteiger partial charge in [-0.05, 0) is 51.3 Å². The largest absolute Gasteiger partial charge is 0.494 e. The van der Waals surface area contributed by atoms with E-state index in [4.69, 9.17) is 15.2 Å². The Morgan fingerprint density at radius 1 is 1.37 bits per heavy atom. The lowest BCUT2D eigenvalue weighted by Gasteiger charge is -2.43. The van der Waals surface area contributed by atoms with E-state index >= 15 is 0 Å². The first kappa shape index (κ1) is 14.4. The number of benzene rings is 1. The van der Waals surface area contributed by atoms with E-state index in [1.165, 1.54) is 5.56 Å². The molecule has 0 saturated carbocycles. The van der Waals surface area contributed by atoms with Gasteiger partial charge in [-0.3, -0.25) is 0 Å². The minimum absolute atomic E-state index is 0.125. The summed E-state index contributed by atoms with van der Waals surface area (Å²) in [6.07, 6.45) is 2.06. The lowest BCUT2D eigenvalue weighted by Crippen LogP contribution is -2.48. The Balaban J connectivity index is 2.14. The third-order valence-electron chi connectivity index (χ3n) is 3.76. The summed E-state index contributed by atoms with van der Waals surface area (Å²) in [7, 11) is 0. The summed E-state index contributed by atoms with van der Waals surface area (Å²) in [6.45, 7) is 8.44. The first-order chi connectivity index (χ1) is 8.95. The molecule has 2 rings (SSSR count). The van der Waals surface area contributed by atoms with E-state index in [0.717, 1.165) is 31.8 Å². The molecule has 1 aromatic rings. The van der Waals surface area contributed by atoms with Crippen LogP contribution in [0.4, 0.5) is 0 Å². The average molecular weight is 263 g/mol. The van der Waals surface area contributed by atoms with Crippen molar-refractivity contribution in [3.05, 3.63) is 29.8 Å². The summed E-state index contributed by atoms with van der Waals surface area (Å²) in [5.74, 6) is 0.943. The lowest BCUT2D eigenvalue weighted by molar-refractivity contribution is -0.0670. The van der Waals surface area contributed by atoms with Crippen LogP contribution < -0.4 is 10.5 Å². The maximum Gasteiger partial charge on any atom is 0.119 e. The maximum absolute atomic E-state index is 6.11. The lowest BCUT2D eigenvalue weighted by atomic mass is 9.73. The van der Waals surface area contributed by atoms with Gasteiger partial charge >= 0.3 is 0 Å². The molecule has 0 atom stereocenters. The average Bonchev–Trinajstić information content (AvgIpc) is 2.27. The minimum Gasteiger partial charge on any atom is -0.494 e. The fourth-order valence-corrected chi connectivity index (χ4v) is 2.45. The van der Waals surface area contributed by atoms with Crippen LogP contribution in [0.25, 0.3) is 0 Å². The molecule has 0 unspecified atom stereocenters. The van der Waals surface area contributed by atoms with E-state index < -0.39 is 0 Å². The number of ether oxygens (including phenoxy) is 2. The van der Waals surface area contributed by atoms with Gasteiger partial charge in [0.05, 0.1) is 19.8 Å². The standard InChI is InChI=1S/C16H25NO2/c1-4-19-14-7-5-6-13(10-14)16(11-18-12-16)9-8-15(2,3)17/h5-7,10H,4,8-9,11-12,17H2,1-3H3. The number of rotatable bonds is 6. The van der Waals surface area contributed by atoms with Crippen molar-refractivity contribution in [2.75, 3.05) is 19.8 Å². The summed E-state index contributed by atoms with van der Waals surface area (Å²) in [4.78, 5) is 0. The van der Waals surface area contributed by atoms with Gasteiger partial charge in [0, 0.05) is 11.0 Å². The zero-order valence-corrected chi connectivity index (χ0v) is 12.2. The quantitative estimate of drug-likeness (QED) is 0.858. The molecule has 1 fully saturated rings. The van der Waals surface area contributed by atoms with Gasteiger partial charge in [0.25, 0.3) is 0 Å². The Bertz CT molecular complexity index is 419. The van der Waals surface area contributed by atoms with Gasteiger partial charge in [-0.2, -0.15) is 0 Å². The van der Waals surface area contributed by atoms with Crippen molar-refractivity contribution in [1.29, 1.82) is 0 Å². The summed E-state index contributed by atoms with van der Waals surface area (Å²) in [5.41, 5.74) is 7.43. The Kier molecular flexibility index (Phi) is 4.16. The van der Waals surface area contributed by atoms with Crippen LogP contribution in [0.3, 0.4) is 0 Å². The van der Waals surface area contributed by atoms with Gasteiger partial charge in [-0.25, -0.2) is 0 Å². The van der Waals surface area contributed by atoms with E-state index in [1.807, 2.05) is 13.0 Å². The van der Waals surface area contributed by atoms with Gasteiger partial charge in [0.2, 0.25) is 0 Å². The topological polar surface area (TPSA) is 44.5 Å². The highest BCUT2D eigenvalue weighted by Crippen LogP contribution is 2.39. The molecule has 0 amide bonds. The molecule has 0 aliphatic carbocycles. The van der Waals surface area contributed by atoms with Crippen molar-refractivity contribution in [1.82, 2.24) is 0 Å². The zero-order chi connectivity index (χ0) is 13.9. The molecule has 0 aromatic heterocycles. The molecule has 106 valence electrons. The number of hydrogen-bond acceptors (Lipinski definition) is 3. The Labute approximate surface area is 116 Å². The van der Waals surface area contributed by atoms with E-state index in [0.29, 0.717) is 6.61 Å². The van der Waals surface area contributed by atoms with Crippen molar-refractivity contribution in [3.8, 4) is 5.75 Å². The maximum atomic E-state index is 6.11. The van der Waals surface area contributed by atoms with Crippen LogP contribution in [0, 0.1) is 0 Å². The Morgan fingerprint density at radius 2 is 2.11 bits per heavy atom. The predicted octanol–water partition coefficient (Wildman–Crippen LogP) is 2.87. The normalized spacial score (nSPS) is 17.9. The summed E-state index contributed by atoms with van der Waals surface area (Å²) in [6, 6.07) is 8.39. The van der Waals surface area contributed by atoms with E-state index in [1.54, 1.807) is 0 Å². The monoisotopic (exact) mass is 263 g/mol. The van der Waals surface area contributed by atoms with Crippen LogP contribution in [-0.2, 0) is 10.2 Å². The first-order valence-electron chi connectivity index (χ1n) is 7.05. The second-order valence-electron chi connectivity index (χ2n) is 6.22. The molecule has 1 aliphatic heterocycles. The summed E-state index contributed by atoms with van der Waals surface area (Å²) < 4.78 is 11.1. The molecule has 1 saturated heterocycles. The minimum atomic E-state index is -0.125. The molecule has 0 bridgehead atoms. The SMILES string of the molecule is CCOc1cccc(C2(CCC(C)(C)N)COC2)c1. The Hall–Kier alpha value is -1.06. The van der Waals surface area contributed by atoms with Crippen LogP contribution in [0.5, 0.6) is 5.75 Å². The number of hydrogen-bond donors (Lipinski definition) is 1. The first-order valence-corrected chi connectivity index (χ1v) is 7.05. The van der Waals surface area contributed by atoms with Gasteiger partial charge in [-0.1, -0.05) is 12.1 Å². The molecule has 1 heterocycles. The molecule has 0 radical (unpaired) electrons. The van der Waals surface area contributed by atoms with Crippen molar-refractivity contribution >= 4 is 0 Å². The molecular formula is C16H25NO2. The summed E-state index contributed by atoms with van der Waals surface area (Å²) >= 11 is 0. The van der Waals surface area contributed by atoms with Gasteiger partial charge in [0.1, 0.15) is 5.75 Å². The van der Waals surface area contributed by atoms with Crippen LogP contribution in [-0.4, -0.2) is 25.4 Å². The number of nitrogens with two attached hydrogens (primary N) is 1. The van der Waals surface area contributed by atoms with Crippen LogP contribution in [0.2, 0.25) is 0 Å². The van der Waals surface area contributed by atoms with Gasteiger partial charge in [0.15, 0.2) is 0 Å². The molecule has 3 heteroatoms. The van der Waals surface area contributed by atoms with Crippen LogP contribution in [0.15, 0.2) is 24.3 Å². The third-order valence-corrected chi connectivity index (χ3v) is 3.76. The van der Waals surface area contributed by atoms with Crippen molar-refractivity contribution in [2.45, 2.75) is 44.6 Å². The van der Waals surface area contributed by atoms with Gasteiger partial charge < -0.3 is 15.2 Å². The van der Waals surface area contributed by atoms with Crippen molar-refractivity contribution in [2.24, 2.45) is 5.73 Å². The molecular weight excluding hydrogens is 238 g/mol. The van der Waals surface area contributed by atoms with E-state index in [9.17, 15) is 0 Å². The van der Waals surface area contributed by atoms with E-state index in [-0.39, 0.29) is 11.0 Å². The second kappa shape index (κ2) is 5.51. The van der Waals surface area contributed by atoms with Crippen molar-refractivity contribution in [3.63, 3.8) is 0 Å². The van der Waals surface area contributed by atoms with Crippen molar-refractivity contribution < 1.29 is 9.47 Å². The highest BCUT2D eigenvalue weighted by Gasteiger charge is 2.40. The molecule has 0 spiro atoms. The van der Waals surface area contributed by atoms with E-state index in [2.05, 4.69) is 32.0 Å². The van der Waals surface area contributed by atoms with Crippen LogP contribution >= 0.6 is 0 Å². The van der Waals surface area contributed by atoms with Crippen LogP contribution in [0.1, 0.15) is 39.2 Å². The molecule has 19 heavy (non-hydrogen) atoms. The summed E-state index contributed by atoms with van der Waals surface area (Å²) in [5, 5.41) is 0. The van der Waals surface area contributed by atoms with Gasteiger partial charge in [-0.15, -0.1) is 0 Å². The predicted molar refractivity (Wildman–Crippen MR) is 77.6 cm³/mol. The fraction of sp³-hybridized carbons (Fsp3) is 0.625. The highest BCUT2D eigenvalue weighted by molar-refractivity contribution is 5.35. The Morgan fingerprint density at radius 3 is 2.63 bits per heavy atom. The molecule has 3 nitrogen and oxygen atoms in total. The molecule has 2 N–H and O–H groups in total. The molecule has 1 aliphatic rings.